The summed E-state index contributed by atoms with van der Waals surface area (Å²) >= 11 is 1.22. The third kappa shape index (κ3) is 0.984. The van der Waals surface area contributed by atoms with Crippen LogP contribution in [0, 0.1) is 5.39 Å². The van der Waals surface area contributed by atoms with Crippen LogP contribution >= 0.6 is 11.3 Å². The van der Waals surface area contributed by atoms with Crippen LogP contribution in [0.2, 0.25) is 0 Å². The largest absolute Gasteiger partial charge is 0.524 e. The van der Waals surface area contributed by atoms with Crippen LogP contribution < -0.4 is 0 Å². The lowest BCUT2D eigenvalue weighted by Gasteiger charge is -1.84. The molecular weight excluding hydrogens is 174 g/mol. The van der Waals surface area contributed by atoms with Gasteiger partial charge in [0, 0.05) is 11.0 Å². The van der Waals surface area contributed by atoms with Crippen LogP contribution in [0.15, 0.2) is 18.2 Å². The Kier molecular flexibility index (Phi) is 1.42. The fourth-order valence-corrected chi connectivity index (χ4v) is 1.72. The number of benzene rings is 1. The highest BCUT2D eigenvalue weighted by molar-refractivity contribution is 7.22. The molecule has 2 rings (SSSR count). The number of nitrogens with zero attached hydrogens (tertiary/aromatic N) is 3. The second-order valence-corrected chi connectivity index (χ2v) is 3.26. The van der Waals surface area contributed by atoms with Crippen molar-refractivity contribution < 1.29 is 5.11 Å². The summed E-state index contributed by atoms with van der Waals surface area (Å²) in [5.74, 6) is 0.190. The molecule has 0 aliphatic heterocycles. The average molecular weight is 178 g/mol. The van der Waals surface area contributed by atoms with E-state index in [0.717, 1.165) is 10.2 Å². The fourth-order valence-electron chi connectivity index (χ4n) is 0.944. The van der Waals surface area contributed by atoms with Crippen LogP contribution in [-0.4, -0.2) is 10.1 Å². The van der Waals surface area contributed by atoms with Crippen molar-refractivity contribution in [3.05, 3.63) is 23.2 Å². The number of diazo groups is 1. The van der Waals surface area contributed by atoms with Gasteiger partial charge in [0.05, 0.1) is 10.1 Å². The van der Waals surface area contributed by atoms with E-state index in [9.17, 15) is 0 Å². The molecule has 1 aromatic heterocycles. The quantitative estimate of drug-likeness (QED) is 0.630. The van der Waals surface area contributed by atoms with Gasteiger partial charge >= 0.3 is 5.13 Å². The van der Waals surface area contributed by atoms with Crippen molar-refractivity contribution in [3.63, 3.8) is 0 Å². The van der Waals surface area contributed by atoms with E-state index < -0.39 is 0 Å². The van der Waals surface area contributed by atoms with Gasteiger partial charge in [0.1, 0.15) is 5.75 Å². The minimum atomic E-state index is 0.190. The number of hydrogen-bond acceptors (Lipinski definition) is 4. The zero-order valence-electron chi connectivity index (χ0n) is 5.93. The van der Waals surface area contributed by atoms with Crippen molar-refractivity contribution in [2.75, 3.05) is 0 Å². The maximum absolute atomic E-state index is 9.10. The zero-order valence-corrected chi connectivity index (χ0v) is 6.75. The molecule has 0 amide bonds. The van der Waals surface area contributed by atoms with Gasteiger partial charge in [0.15, 0.2) is 5.52 Å². The van der Waals surface area contributed by atoms with E-state index in [1.54, 1.807) is 18.2 Å². The summed E-state index contributed by atoms with van der Waals surface area (Å²) in [6.45, 7) is 0. The molecule has 0 bridgehead atoms. The normalized spacial score (nSPS) is 9.92. The van der Waals surface area contributed by atoms with Gasteiger partial charge in [-0.25, -0.2) is 0 Å². The van der Waals surface area contributed by atoms with Crippen molar-refractivity contribution in [2.24, 2.45) is 0 Å². The monoisotopic (exact) mass is 178 g/mol. The molecule has 0 unspecified atom stereocenters. The lowest BCUT2D eigenvalue weighted by molar-refractivity contribution is 0.476. The summed E-state index contributed by atoms with van der Waals surface area (Å²) in [6.07, 6.45) is 0. The number of fused-ring (bicyclic) bond motifs is 1. The van der Waals surface area contributed by atoms with Crippen LogP contribution in [0.3, 0.4) is 0 Å². The van der Waals surface area contributed by atoms with Gasteiger partial charge in [0.25, 0.3) is 0 Å². The van der Waals surface area contributed by atoms with Crippen LogP contribution in [0.1, 0.15) is 0 Å². The molecule has 0 aliphatic rings. The minimum absolute atomic E-state index is 0.190. The second kappa shape index (κ2) is 2.43. The van der Waals surface area contributed by atoms with E-state index >= 15 is 0 Å². The highest BCUT2D eigenvalue weighted by Gasteiger charge is 2.14. The first-order valence-corrected chi connectivity index (χ1v) is 4.06. The highest BCUT2D eigenvalue weighted by atomic mass is 32.1. The van der Waals surface area contributed by atoms with Crippen LogP contribution in [0.25, 0.3) is 15.2 Å². The van der Waals surface area contributed by atoms with E-state index in [-0.39, 0.29) is 5.75 Å². The molecule has 4 nitrogen and oxygen atoms in total. The lowest BCUT2D eigenvalue weighted by atomic mass is 10.3. The van der Waals surface area contributed by atoms with Crippen LogP contribution in [0.4, 0.5) is 5.13 Å². The molecule has 0 fully saturated rings. The Hall–Kier alpha value is -1.67. The van der Waals surface area contributed by atoms with E-state index in [0.29, 0.717) is 5.13 Å². The number of thiazole rings is 1. The number of hydrogen-bond donors (Lipinski definition) is 1. The molecule has 1 N–H and O–H groups in total. The van der Waals surface area contributed by atoms with Gasteiger partial charge in [0.2, 0.25) is 0 Å². The standard InChI is InChI=1S/C7H3N3OS/c8-10-7-9-5-2-1-4(11)3-6(5)12-7/h1-3H/p+1. The molecule has 0 saturated heterocycles. The van der Waals surface area contributed by atoms with Crippen molar-refractivity contribution >= 4 is 26.7 Å². The van der Waals surface area contributed by atoms with Crippen molar-refractivity contribution in [1.82, 2.24) is 4.98 Å². The third-order valence-corrected chi connectivity index (χ3v) is 2.35. The summed E-state index contributed by atoms with van der Waals surface area (Å²) < 4.78 is 0.808. The first-order valence-electron chi connectivity index (χ1n) is 3.24. The maximum atomic E-state index is 9.10. The average Bonchev–Trinajstić information content (AvgIpc) is 2.46. The number of phenols is 1. The van der Waals surface area contributed by atoms with Crippen molar-refractivity contribution in [1.29, 1.82) is 5.39 Å². The van der Waals surface area contributed by atoms with Crippen LogP contribution in [0.5, 0.6) is 5.75 Å². The number of aromatic hydroxyl groups is 1. The van der Waals surface area contributed by atoms with Gasteiger partial charge in [-0.15, -0.1) is 0 Å². The third-order valence-electron chi connectivity index (χ3n) is 1.45. The Morgan fingerprint density at radius 1 is 1.50 bits per heavy atom. The first kappa shape index (κ1) is 7.00. The van der Waals surface area contributed by atoms with Gasteiger partial charge in [-0.1, -0.05) is 0 Å². The molecule has 2 aromatic rings. The Morgan fingerprint density at radius 2 is 2.33 bits per heavy atom. The number of phenolic OH excluding ortho intramolecular Hbond substituents is 1. The number of rotatable bonds is 0. The molecule has 1 heterocycles. The highest BCUT2D eigenvalue weighted by Crippen LogP contribution is 2.29. The van der Waals surface area contributed by atoms with E-state index in [2.05, 4.69) is 9.96 Å². The molecular formula is C7H4N3OS+. The topological polar surface area (TPSA) is 61.3 Å². The Balaban J connectivity index is 2.77. The Bertz CT molecular complexity index is 471. The fraction of sp³-hybridized carbons (Fsp3) is 0. The zero-order chi connectivity index (χ0) is 8.55. The Labute approximate surface area is 71.7 Å². The van der Waals surface area contributed by atoms with E-state index in [4.69, 9.17) is 10.5 Å². The summed E-state index contributed by atoms with van der Waals surface area (Å²) in [6, 6.07) is 4.81. The van der Waals surface area contributed by atoms with Crippen molar-refractivity contribution in [2.45, 2.75) is 0 Å². The first-order chi connectivity index (χ1) is 5.79. The van der Waals surface area contributed by atoms with E-state index in [1.807, 2.05) is 0 Å². The molecule has 0 spiro atoms. The van der Waals surface area contributed by atoms with Crippen molar-refractivity contribution in [3.8, 4) is 5.75 Å². The molecule has 0 atom stereocenters. The smallest absolute Gasteiger partial charge is 0.508 e. The molecule has 58 valence electrons. The summed E-state index contributed by atoms with van der Waals surface area (Å²) in [5, 5.41) is 17.8. The van der Waals surface area contributed by atoms with Gasteiger partial charge in [-0.3, -0.25) is 0 Å². The Morgan fingerprint density at radius 3 is 3.08 bits per heavy atom. The summed E-state index contributed by atoms with van der Waals surface area (Å²) in [7, 11) is 0. The maximum Gasteiger partial charge on any atom is 0.524 e. The predicted octanol–water partition coefficient (Wildman–Crippen LogP) is 2.49. The molecule has 0 aliphatic carbocycles. The molecule has 12 heavy (non-hydrogen) atoms. The predicted molar refractivity (Wildman–Crippen MR) is 46.0 cm³/mol. The molecule has 5 heteroatoms. The molecule has 0 radical (unpaired) electrons. The summed E-state index contributed by atoms with van der Waals surface area (Å²) in [5.41, 5.74) is 0.727. The van der Waals surface area contributed by atoms with E-state index in [1.165, 1.54) is 11.3 Å². The van der Waals surface area contributed by atoms with Crippen LogP contribution in [-0.2, 0) is 0 Å². The minimum Gasteiger partial charge on any atom is -0.508 e. The van der Waals surface area contributed by atoms with Gasteiger partial charge in [-0.2, -0.15) is 0 Å². The van der Waals surface area contributed by atoms with Gasteiger partial charge in [-0.05, 0) is 28.5 Å². The second-order valence-electron chi connectivity index (χ2n) is 2.25. The number of aromatic nitrogens is 1. The molecule has 0 saturated carbocycles. The summed E-state index contributed by atoms with van der Waals surface area (Å²) in [4.78, 5) is 6.93. The van der Waals surface area contributed by atoms with Gasteiger partial charge < -0.3 is 5.11 Å². The SMILES string of the molecule is N#[N+]c1nc2ccc(O)cc2s1. The lowest BCUT2D eigenvalue weighted by Crippen LogP contribution is -1.65. The molecule has 1 aromatic carbocycles.